The number of amides is 1. The van der Waals surface area contributed by atoms with Crippen molar-refractivity contribution in [3.05, 3.63) is 157 Å². The normalized spacial score (nSPS) is 11.2. The van der Waals surface area contributed by atoms with E-state index in [-0.39, 0.29) is 5.91 Å². The smallest absolute Gasteiger partial charge is 0.279 e. The number of benzene rings is 5. The molecule has 6 rings (SSSR count). The van der Waals surface area contributed by atoms with Crippen LogP contribution in [0.2, 0.25) is 0 Å². The minimum Gasteiger partial charge on any atom is -0.320 e. The zero-order valence-electron chi connectivity index (χ0n) is 22.1. The fourth-order valence-electron chi connectivity index (χ4n) is 4.97. The van der Waals surface area contributed by atoms with E-state index in [0.29, 0.717) is 5.69 Å². The second-order valence-electron chi connectivity index (χ2n) is 9.54. The van der Waals surface area contributed by atoms with E-state index < -0.39 is 7.26 Å². The minimum atomic E-state index is -2.51. The lowest BCUT2D eigenvalue weighted by Gasteiger charge is -2.26. The quantitative estimate of drug-likeness (QED) is 0.216. The largest absolute Gasteiger partial charge is 0.320 e. The third-order valence-corrected chi connectivity index (χ3v) is 12.9. The Morgan fingerprint density at radius 2 is 1.07 bits per heavy atom. The Morgan fingerprint density at radius 3 is 1.55 bits per heavy atom. The van der Waals surface area contributed by atoms with Crippen molar-refractivity contribution >= 4 is 50.7 Å². The molecular weight excluding hydrogens is 527 g/mol. The number of nitrogens with zero attached hydrogens (tertiary/aromatic N) is 1. The summed E-state index contributed by atoms with van der Waals surface area (Å²) < 4.78 is 0.986. The van der Waals surface area contributed by atoms with E-state index in [9.17, 15) is 4.79 Å². The summed E-state index contributed by atoms with van der Waals surface area (Å²) >= 11 is 1.62. The molecule has 6 aromatic rings. The SMILES string of the molecule is Cc1ccc(NC(=O)c2nc(-c3ccccc3)sc2[P+](c2ccccc2)(c2ccccc2)c2ccccc2)cc1. The van der Waals surface area contributed by atoms with E-state index in [1.165, 1.54) is 15.9 Å². The molecule has 40 heavy (non-hydrogen) atoms. The van der Waals surface area contributed by atoms with Gasteiger partial charge in [0, 0.05) is 11.3 Å². The topological polar surface area (TPSA) is 42.0 Å². The summed E-state index contributed by atoms with van der Waals surface area (Å²) in [6.45, 7) is 2.04. The number of hydrogen-bond acceptors (Lipinski definition) is 3. The first-order chi connectivity index (χ1) is 19.7. The molecule has 1 N–H and O–H groups in total. The number of aromatic nitrogens is 1. The highest BCUT2D eigenvalue weighted by Crippen LogP contribution is 2.56. The molecule has 0 radical (unpaired) electrons. The van der Waals surface area contributed by atoms with Crippen LogP contribution in [0.5, 0.6) is 0 Å². The number of carbonyl (C=O) groups is 1. The average molecular weight is 556 g/mol. The minimum absolute atomic E-state index is 0.204. The molecule has 3 nitrogen and oxygen atoms in total. The zero-order valence-corrected chi connectivity index (χ0v) is 23.8. The molecule has 1 amide bonds. The van der Waals surface area contributed by atoms with Gasteiger partial charge in [0.2, 0.25) is 0 Å². The Morgan fingerprint density at radius 1 is 0.625 bits per heavy atom. The van der Waals surface area contributed by atoms with Gasteiger partial charge >= 0.3 is 0 Å². The van der Waals surface area contributed by atoms with Crippen molar-refractivity contribution < 1.29 is 4.79 Å². The summed E-state index contributed by atoms with van der Waals surface area (Å²) in [5.41, 5.74) is 3.35. The Hall–Kier alpha value is -4.37. The molecule has 0 fully saturated rings. The summed E-state index contributed by atoms with van der Waals surface area (Å²) in [6, 6.07) is 49.8. The molecule has 0 aliphatic heterocycles. The van der Waals surface area contributed by atoms with Crippen LogP contribution in [-0.4, -0.2) is 10.9 Å². The maximum atomic E-state index is 14.2. The van der Waals surface area contributed by atoms with Gasteiger partial charge < -0.3 is 5.32 Å². The van der Waals surface area contributed by atoms with Crippen LogP contribution in [0.15, 0.2) is 146 Å². The van der Waals surface area contributed by atoms with E-state index in [4.69, 9.17) is 4.98 Å². The fourth-order valence-corrected chi connectivity index (χ4v) is 11.5. The summed E-state index contributed by atoms with van der Waals surface area (Å²) in [7, 11) is -2.51. The van der Waals surface area contributed by atoms with Crippen molar-refractivity contribution in [2.24, 2.45) is 0 Å². The molecule has 5 aromatic carbocycles. The molecule has 0 unspecified atom stereocenters. The summed E-state index contributed by atoms with van der Waals surface area (Å²) in [5, 5.41) is 7.51. The van der Waals surface area contributed by atoms with Crippen LogP contribution in [0.3, 0.4) is 0 Å². The zero-order chi connectivity index (χ0) is 27.4. The van der Waals surface area contributed by atoms with Crippen molar-refractivity contribution in [3.8, 4) is 10.6 Å². The number of nitrogens with one attached hydrogen (secondary N) is 1. The molecule has 0 saturated carbocycles. The third kappa shape index (κ3) is 4.88. The molecule has 0 spiro atoms. The monoisotopic (exact) mass is 555 g/mol. The highest BCUT2D eigenvalue weighted by atomic mass is 32.1. The first kappa shape index (κ1) is 25.9. The highest BCUT2D eigenvalue weighted by Gasteiger charge is 2.52. The number of hydrogen-bond donors (Lipinski definition) is 1. The number of carbonyl (C=O) groups excluding carboxylic acids is 1. The second kappa shape index (κ2) is 11.4. The van der Waals surface area contributed by atoms with Gasteiger partial charge in [0.1, 0.15) is 20.9 Å². The van der Waals surface area contributed by atoms with Crippen LogP contribution in [-0.2, 0) is 0 Å². The van der Waals surface area contributed by atoms with Crippen LogP contribution >= 0.6 is 18.6 Å². The van der Waals surface area contributed by atoms with Crippen molar-refractivity contribution in [3.63, 3.8) is 0 Å². The van der Waals surface area contributed by atoms with Gasteiger partial charge in [-0.05, 0) is 55.5 Å². The number of rotatable bonds is 7. The predicted octanol–water partition coefficient (Wildman–Crippen LogP) is 6.99. The molecule has 1 heterocycles. The van der Waals surface area contributed by atoms with Gasteiger partial charge in [-0.3, -0.25) is 4.79 Å². The molecule has 0 aliphatic rings. The average Bonchev–Trinajstić information content (AvgIpc) is 3.47. The van der Waals surface area contributed by atoms with Crippen LogP contribution < -0.4 is 25.8 Å². The second-order valence-corrected chi connectivity index (χ2v) is 14.2. The Balaban J connectivity index is 1.66. The van der Waals surface area contributed by atoms with Crippen molar-refractivity contribution in [2.45, 2.75) is 6.92 Å². The number of anilines is 1. The molecule has 5 heteroatoms. The van der Waals surface area contributed by atoms with Gasteiger partial charge in [-0.1, -0.05) is 114 Å². The fraction of sp³-hybridized carbons (Fsp3) is 0.0286. The summed E-state index contributed by atoms with van der Waals surface area (Å²) in [4.78, 5) is 19.2. The molecule has 0 bridgehead atoms. The lowest BCUT2D eigenvalue weighted by atomic mass is 10.2. The van der Waals surface area contributed by atoms with Crippen molar-refractivity contribution in [2.75, 3.05) is 5.32 Å². The highest BCUT2D eigenvalue weighted by molar-refractivity contribution is 8.04. The van der Waals surface area contributed by atoms with Gasteiger partial charge in [-0.2, -0.15) is 0 Å². The van der Waals surface area contributed by atoms with Gasteiger partial charge in [0.05, 0.1) is 0 Å². The molecule has 1 aromatic heterocycles. The lowest BCUT2D eigenvalue weighted by Crippen LogP contribution is -2.40. The molecule has 0 saturated heterocycles. The van der Waals surface area contributed by atoms with Gasteiger partial charge in [0.25, 0.3) is 5.91 Å². The lowest BCUT2D eigenvalue weighted by molar-refractivity contribution is 0.102. The van der Waals surface area contributed by atoms with E-state index in [2.05, 4.69) is 90.2 Å². The van der Waals surface area contributed by atoms with Crippen molar-refractivity contribution in [1.82, 2.24) is 4.98 Å². The van der Waals surface area contributed by atoms with E-state index in [1.54, 1.807) is 11.3 Å². The Labute approximate surface area is 239 Å². The maximum absolute atomic E-state index is 14.2. The number of aryl methyl sites for hydroxylation is 1. The maximum Gasteiger partial charge on any atom is 0.279 e. The Bertz CT molecular complexity index is 1620. The molecular formula is C35H28N2OPS+. The molecule has 0 atom stereocenters. The third-order valence-electron chi connectivity index (χ3n) is 6.89. The van der Waals surface area contributed by atoms with Gasteiger partial charge in [-0.25, -0.2) is 4.98 Å². The van der Waals surface area contributed by atoms with Crippen LogP contribution in [0.4, 0.5) is 5.69 Å². The van der Waals surface area contributed by atoms with E-state index in [0.717, 1.165) is 26.4 Å². The van der Waals surface area contributed by atoms with E-state index in [1.807, 2.05) is 67.6 Å². The van der Waals surface area contributed by atoms with Crippen LogP contribution in [0.25, 0.3) is 10.6 Å². The Kier molecular flexibility index (Phi) is 7.37. The molecule has 0 aliphatic carbocycles. The first-order valence-electron chi connectivity index (χ1n) is 13.2. The van der Waals surface area contributed by atoms with Gasteiger partial charge in [-0.15, -0.1) is 0 Å². The standard InChI is InChI=1S/C35H27N2OPS/c1-26-22-24-28(25-23-26)36-33(38)32-35(40-34(37-32)27-14-6-2-7-15-27)39(29-16-8-3-9-17-29,30-18-10-4-11-19-30)31-20-12-5-13-21-31/h2-25H,1H3/p+1. The van der Waals surface area contributed by atoms with Crippen molar-refractivity contribution in [1.29, 1.82) is 0 Å². The van der Waals surface area contributed by atoms with Crippen LogP contribution in [0.1, 0.15) is 16.1 Å². The summed E-state index contributed by atoms with van der Waals surface area (Å²) in [6.07, 6.45) is 0. The predicted molar refractivity (Wildman–Crippen MR) is 171 cm³/mol. The first-order valence-corrected chi connectivity index (χ1v) is 15.8. The van der Waals surface area contributed by atoms with Gasteiger partial charge in [0.15, 0.2) is 17.6 Å². The summed E-state index contributed by atoms with van der Waals surface area (Å²) in [5.74, 6) is -0.204. The molecule has 194 valence electrons. The van der Waals surface area contributed by atoms with E-state index >= 15 is 0 Å². The van der Waals surface area contributed by atoms with Crippen LogP contribution in [0, 0.1) is 6.92 Å². The number of thiazole rings is 1.